The number of morpholine rings is 1. The number of nitrogens with zero attached hydrogens (tertiary/aromatic N) is 2. The molecule has 0 radical (unpaired) electrons. The van der Waals surface area contributed by atoms with E-state index in [0.717, 1.165) is 32.8 Å². The van der Waals surface area contributed by atoms with Crippen LogP contribution < -0.4 is 10.1 Å². The Morgan fingerprint density at radius 2 is 1.78 bits per heavy atom. The van der Waals surface area contributed by atoms with E-state index in [4.69, 9.17) is 21.1 Å². The minimum atomic E-state index is -0.329. The number of anilines is 1. The van der Waals surface area contributed by atoms with Gasteiger partial charge in [0.05, 0.1) is 25.9 Å². The number of carbonyl (C=O) groups is 2. The molecule has 0 spiro atoms. The van der Waals surface area contributed by atoms with Crippen LogP contribution in [-0.4, -0.2) is 68.1 Å². The van der Waals surface area contributed by atoms with Gasteiger partial charge in [0.25, 0.3) is 11.8 Å². The van der Waals surface area contributed by atoms with Gasteiger partial charge in [-0.25, -0.2) is 0 Å². The van der Waals surface area contributed by atoms with Gasteiger partial charge in [0.1, 0.15) is 11.4 Å². The molecular formula is C24H26ClN3O4. The van der Waals surface area contributed by atoms with Gasteiger partial charge in [-0.1, -0.05) is 29.8 Å². The van der Waals surface area contributed by atoms with Crippen LogP contribution in [0, 0.1) is 0 Å². The summed E-state index contributed by atoms with van der Waals surface area (Å²) in [5, 5.41) is 3.72. The van der Waals surface area contributed by atoms with Crippen LogP contribution in [0.1, 0.15) is 12.0 Å². The number of rotatable bonds is 8. The molecular weight excluding hydrogens is 430 g/mol. The average Bonchev–Trinajstić information content (AvgIpc) is 3.04. The van der Waals surface area contributed by atoms with E-state index in [0.29, 0.717) is 40.6 Å². The Balaban J connectivity index is 1.56. The third-order valence-electron chi connectivity index (χ3n) is 5.60. The first-order valence-electron chi connectivity index (χ1n) is 10.6. The van der Waals surface area contributed by atoms with E-state index in [9.17, 15) is 9.59 Å². The lowest BCUT2D eigenvalue weighted by molar-refractivity contribution is -0.136. The Labute approximate surface area is 192 Å². The van der Waals surface area contributed by atoms with Crippen LogP contribution in [0.5, 0.6) is 5.75 Å². The number of nitrogens with one attached hydrogen (secondary N) is 1. The fraction of sp³-hybridized carbons (Fsp3) is 0.333. The fourth-order valence-corrected chi connectivity index (χ4v) is 4.03. The van der Waals surface area contributed by atoms with Crippen molar-refractivity contribution in [3.05, 3.63) is 64.8 Å². The number of halogens is 1. The van der Waals surface area contributed by atoms with Gasteiger partial charge in [0, 0.05) is 43.0 Å². The molecule has 2 amide bonds. The van der Waals surface area contributed by atoms with Crippen molar-refractivity contribution in [2.75, 3.05) is 51.8 Å². The van der Waals surface area contributed by atoms with Gasteiger partial charge < -0.3 is 14.8 Å². The molecule has 8 heteroatoms. The quantitative estimate of drug-likeness (QED) is 0.616. The second kappa shape index (κ2) is 10.2. The van der Waals surface area contributed by atoms with Crippen LogP contribution in [0.4, 0.5) is 5.69 Å². The topological polar surface area (TPSA) is 71.1 Å². The van der Waals surface area contributed by atoms with Crippen molar-refractivity contribution in [1.82, 2.24) is 9.80 Å². The van der Waals surface area contributed by atoms with Crippen molar-refractivity contribution in [3.8, 4) is 5.75 Å². The highest BCUT2D eigenvalue weighted by molar-refractivity contribution is 6.36. The zero-order valence-electron chi connectivity index (χ0n) is 18.0. The zero-order valence-corrected chi connectivity index (χ0v) is 18.7. The summed E-state index contributed by atoms with van der Waals surface area (Å²) >= 11 is 6.03. The lowest BCUT2D eigenvalue weighted by Gasteiger charge is -2.27. The SMILES string of the molecule is COc1cccc(NC2=C(c3ccc(Cl)cc3)C(=O)N(CCCN3CCOCC3)C2=O)c1. The second-order valence-corrected chi connectivity index (χ2v) is 8.12. The molecule has 0 aromatic heterocycles. The third-order valence-corrected chi connectivity index (χ3v) is 5.85. The van der Waals surface area contributed by atoms with Crippen molar-refractivity contribution < 1.29 is 19.1 Å². The van der Waals surface area contributed by atoms with E-state index in [-0.39, 0.29) is 17.5 Å². The Kier molecular flexibility index (Phi) is 7.09. The Morgan fingerprint density at radius 3 is 2.50 bits per heavy atom. The van der Waals surface area contributed by atoms with Crippen LogP contribution in [0.25, 0.3) is 5.57 Å². The summed E-state index contributed by atoms with van der Waals surface area (Å²) in [5.41, 5.74) is 1.92. The molecule has 0 bridgehead atoms. The van der Waals surface area contributed by atoms with Crippen molar-refractivity contribution >= 4 is 34.7 Å². The number of amides is 2. The summed E-state index contributed by atoms with van der Waals surface area (Å²) < 4.78 is 10.7. The predicted molar refractivity (Wildman–Crippen MR) is 124 cm³/mol. The minimum absolute atomic E-state index is 0.261. The maximum atomic E-state index is 13.3. The number of methoxy groups -OCH3 is 1. The number of hydrogen-bond donors (Lipinski definition) is 1. The van der Waals surface area contributed by atoms with Crippen LogP contribution in [-0.2, 0) is 14.3 Å². The molecule has 4 rings (SSSR count). The molecule has 168 valence electrons. The summed E-state index contributed by atoms with van der Waals surface area (Å²) in [6.45, 7) is 4.36. The summed E-state index contributed by atoms with van der Waals surface area (Å²) in [7, 11) is 1.58. The van der Waals surface area contributed by atoms with E-state index in [1.54, 1.807) is 37.4 Å². The maximum Gasteiger partial charge on any atom is 0.278 e. The van der Waals surface area contributed by atoms with E-state index >= 15 is 0 Å². The van der Waals surface area contributed by atoms with Crippen LogP contribution in [0.2, 0.25) is 5.02 Å². The number of carbonyl (C=O) groups excluding carboxylic acids is 2. The molecule has 0 saturated carbocycles. The summed E-state index contributed by atoms with van der Waals surface area (Å²) in [6.07, 6.45) is 0.706. The lowest BCUT2D eigenvalue weighted by atomic mass is 10.0. The number of ether oxygens (including phenoxy) is 2. The monoisotopic (exact) mass is 455 g/mol. The molecule has 2 heterocycles. The van der Waals surface area contributed by atoms with Crippen molar-refractivity contribution in [2.45, 2.75) is 6.42 Å². The van der Waals surface area contributed by atoms with E-state index < -0.39 is 0 Å². The predicted octanol–water partition coefficient (Wildman–Crippen LogP) is 3.26. The molecule has 2 aliphatic rings. The van der Waals surface area contributed by atoms with Gasteiger partial charge in [0.2, 0.25) is 0 Å². The zero-order chi connectivity index (χ0) is 22.5. The van der Waals surface area contributed by atoms with Gasteiger partial charge in [-0.2, -0.15) is 0 Å². The average molecular weight is 456 g/mol. The van der Waals surface area contributed by atoms with Gasteiger partial charge in [-0.15, -0.1) is 0 Å². The van der Waals surface area contributed by atoms with Gasteiger partial charge in [0.15, 0.2) is 0 Å². The summed E-state index contributed by atoms with van der Waals surface area (Å²) in [6, 6.07) is 14.2. The van der Waals surface area contributed by atoms with Crippen LogP contribution in [0.15, 0.2) is 54.2 Å². The largest absolute Gasteiger partial charge is 0.497 e. The van der Waals surface area contributed by atoms with Gasteiger partial charge in [-0.3, -0.25) is 19.4 Å². The van der Waals surface area contributed by atoms with E-state index in [1.807, 2.05) is 18.2 Å². The second-order valence-electron chi connectivity index (χ2n) is 7.68. The van der Waals surface area contributed by atoms with Crippen molar-refractivity contribution in [1.29, 1.82) is 0 Å². The number of benzene rings is 2. The van der Waals surface area contributed by atoms with Crippen LogP contribution >= 0.6 is 11.6 Å². The molecule has 2 aromatic carbocycles. The highest BCUT2D eigenvalue weighted by Gasteiger charge is 2.39. The van der Waals surface area contributed by atoms with Crippen LogP contribution in [0.3, 0.4) is 0 Å². The Morgan fingerprint density at radius 1 is 1.03 bits per heavy atom. The van der Waals surface area contributed by atoms with E-state index in [2.05, 4.69) is 10.2 Å². The molecule has 1 fully saturated rings. The number of imide groups is 1. The molecule has 2 aliphatic heterocycles. The molecule has 0 unspecified atom stereocenters. The molecule has 0 atom stereocenters. The highest BCUT2D eigenvalue weighted by atomic mass is 35.5. The maximum absolute atomic E-state index is 13.3. The first-order chi connectivity index (χ1) is 15.6. The standard InChI is InChI=1S/C24H26ClN3O4/c1-31-20-5-2-4-19(16-20)26-22-21(17-6-8-18(25)9-7-17)23(29)28(24(22)30)11-3-10-27-12-14-32-15-13-27/h2,4-9,16,26H,3,10-15H2,1H3. The Hall–Kier alpha value is -2.87. The molecule has 32 heavy (non-hydrogen) atoms. The highest BCUT2D eigenvalue weighted by Crippen LogP contribution is 2.32. The third kappa shape index (κ3) is 4.96. The molecule has 2 aromatic rings. The summed E-state index contributed by atoms with van der Waals surface area (Å²) in [4.78, 5) is 30.2. The molecule has 7 nitrogen and oxygen atoms in total. The van der Waals surface area contributed by atoms with Crippen molar-refractivity contribution in [3.63, 3.8) is 0 Å². The normalized spacial score (nSPS) is 17.2. The van der Waals surface area contributed by atoms with Crippen molar-refractivity contribution in [2.24, 2.45) is 0 Å². The smallest absolute Gasteiger partial charge is 0.278 e. The van der Waals surface area contributed by atoms with E-state index in [1.165, 1.54) is 4.90 Å². The van der Waals surface area contributed by atoms with Gasteiger partial charge in [-0.05, 0) is 36.2 Å². The summed E-state index contributed by atoms with van der Waals surface area (Å²) in [5.74, 6) is 0.0252. The first kappa shape index (κ1) is 22.3. The molecule has 1 saturated heterocycles. The fourth-order valence-electron chi connectivity index (χ4n) is 3.90. The molecule has 1 N–H and O–H groups in total. The minimum Gasteiger partial charge on any atom is -0.497 e. The Bertz CT molecular complexity index is 1020. The first-order valence-corrected chi connectivity index (χ1v) is 11.0. The number of hydrogen-bond acceptors (Lipinski definition) is 6. The molecule has 0 aliphatic carbocycles. The lowest BCUT2D eigenvalue weighted by Crippen LogP contribution is -2.39. The van der Waals surface area contributed by atoms with Gasteiger partial charge >= 0.3 is 0 Å².